The Hall–Kier alpha value is -1.95. The topological polar surface area (TPSA) is 67.4 Å². The van der Waals surface area contributed by atoms with Crippen molar-refractivity contribution in [2.75, 3.05) is 11.9 Å². The van der Waals surface area contributed by atoms with Crippen LogP contribution >= 0.6 is 12.2 Å². The summed E-state index contributed by atoms with van der Waals surface area (Å²) in [6.45, 7) is 4.69. The van der Waals surface area contributed by atoms with Crippen molar-refractivity contribution in [1.29, 1.82) is 0 Å². The van der Waals surface area contributed by atoms with Crippen molar-refractivity contribution in [1.82, 2.24) is 5.32 Å². The smallest absolute Gasteiger partial charge is 0.338 e. The fraction of sp³-hybridized carbons (Fsp3) is 0.591. The van der Waals surface area contributed by atoms with Crippen molar-refractivity contribution >= 4 is 34.9 Å². The van der Waals surface area contributed by atoms with Gasteiger partial charge in [-0.1, -0.05) is 58.8 Å². The number of rotatable bonds is 13. The molecule has 28 heavy (non-hydrogen) atoms. The molecule has 1 rings (SSSR count). The number of hydrogen-bond donors (Lipinski definition) is 2. The molecular formula is C22H34N2O3S. The molecule has 1 aromatic carbocycles. The number of hydrogen-bond acceptors (Lipinski definition) is 4. The number of unbranched alkanes of at least 4 members (excludes halogenated alkanes) is 7. The zero-order valence-electron chi connectivity index (χ0n) is 17.2. The highest BCUT2D eigenvalue weighted by molar-refractivity contribution is 7.80. The zero-order chi connectivity index (χ0) is 20.6. The van der Waals surface area contributed by atoms with Gasteiger partial charge in [-0.3, -0.25) is 4.79 Å². The van der Waals surface area contributed by atoms with Gasteiger partial charge in [-0.25, -0.2) is 4.79 Å². The minimum absolute atomic E-state index is 0.0674. The SMILES string of the molecule is CCCCCCCCCC(=O)NC(=S)Nc1ccc(C(=O)OCCCC)cc1. The minimum Gasteiger partial charge on any atom is -0.462 e. The second kappa shape index (κ2) is 15.0. The van der Waals surface area contributed by atoms with Crippen LogP contribution in [0, 0.1) is 0 Å². The fourth-order valence-corrected chi connectivity index (χ4v) is 2.91. The van der Waals surface area contributed by atoms with Crippen LogP contribution in [0.25, 0.3) is 0 Å². The lowest BCUT2D eigenvalue weighted by atomic mass is 10.1. The highest BCUT2D eigenvalue weighted by Crippen LogP contribution is 2.11. The van der Waals surface area contributed by atoms with Gasteiger partial charge in [0.2, 0.25) is 5.91 Å². The molecule has 0 heterocycles. The predicted octanol–water partition coefficient (Wildman–Crippen LogP) is 5.60. The lowest BCUT2D eigenvalue weighted by Crippen LogP contribution is -2.33. The van der Waals surface area contributed by atoms with Crippen molar-refractivity contribution in [3.63, 3.8) is 0 Å². The van der Waals surface area contributed by atoms with Gasteiger partial charge >= 0.3 is 5.97 Å². The number of amides is 1. The van der Waals surface area contributed by atoms with Crippen molar-refractivity contribution in [2.24, 2.45) is 0 Å². The molecule has 1 aromatic rings. The third-order valence-corrected chi connectivity index (χ3v) is 4.57. The molecule has 2 N–H and O–H groups in total. The summed E-state index contributed by atoms with van der Waals surface area (Å²) in [4.78, 5) is 23.8. The molecule has 0 spiro atoms. The lowest BCUT2D eigenvalue weighted by molar-refractivity contribution is -0.119. The van der Waals surface area contributed by atoms with E-state index in [-0.39, 0.29) is 17.0 Å². The van der Waals surface area contributed by atoms with E-state index in [0.717, 1.165) is 25.7 Å². The quantitative estimate of drug-likeness (QED) is 0.254. The summed E-state index contributed by atoms with van der Waals surface area (Å²) in [5.74, 6) is -0.396. The van der Waals surface area contributed by atoms with Gasteiger partial charge in [0.1, 0.15) is 0 Å². The number of anilines is 1. The molecular weight excluding hydrogens is 372 g/mol. The molecule has 0 atom stereocenters. The fourth-order valence-electron chi connectivity index (χ4n) is 2.68. The Balaban J connectivity index is 2.25. The summed E-state index contributed by atoms with van der Waals surface area (Å²) < 4.78 is 5.17. The molecule has 0 radical (unpaired) electrons. The zero-order valence-corrected chi connectivity index (χ0v) is 18.0. The minimum atomic E-state index is -0.328. The first-order valence-corrected chi connectivity index (χ1v) is 10.9. The molecule has 0 aliphatic heterocycles. The summed E-state index contributed by atoms with van der Waals surface area (Å²) in [5, 5.41) is 5.93. The lowest BCUT2D eigenvalue weighted by Gasteiger charge is -2.10. The average Bonchev–Trinajstić information content (AvgIpc) is 2.68. The summed E-state index contributed by atoms with van der Waals surface area (Å²) in [5.41, 5.74) is 1.21. The van der Waals surface area contributed by atoms with Crippen LogP contribution in [-0.2, 0) is 9.53 Å². The number of ether oxygens (including phenoxy) is 1. The Morgan fingerprint density at radius 3 is 2.14 bits per heavy atom. The van der Waals surface area contributed by atoms with E-state index in [2.05, 4.69) is 17.6 Å². The van der Waals surface area contributed by atoms with Gasteiger partial charge in [-0.2, -0.15) is 0 Å². The van der Waals surface area contributed by atoms with Gasteiger partial charge in [0.05, 0.1) is 12.2 Å². The molecule has 156 valence electrons. The molecule has 6 heteroatoms. The van der Waals surface area contributed by atoms with E-state index < -0.39 is 0 Å². The summed E-state index contributed by atoms with van der Waals surface area (Å²) in [6, 6.07) is 6.84. The van der Waals surface area contributed by atoms with Gasteiger partial charge in [-0.15, -0.1) is 0 Å². The van der Waals surface area contributed by atoms with Gasteiger partial charge in [-0.05, 0) is 49.3 Å². The van der Waals surface area contributed by atoms with E-state index in [1.165, 1.54) is 32.1 Å². The third kappa shape index (κ3) is 11.0. The first-order valence-electron chi connectivity index (χ1n) is 10.4. The maximum Gasteiger partial charge on any atom is 0.338 e. The van der Waals surface area contributed by atoms with Crippen molar-refractivity contribution in [3.05, 3.63) is 29.8 Å². The number of carbonyl (C=O) groups is 2. The number of benzene rings is 1. The predicted molar refractivity (Wildman–Crippen MR) is 119 cm³/mol. The number of nitrogens with one attached hydrogen (secondary N) is 2. The molecule has 0 fully saturated rings. The average molecular weight is 407 g/mol. The maximum atomic E-state index is 11.9. The first-order chi connectivity index (χ1) is 13.6. The molecule has 1 amide bonds. The Morgan fingerprint density at radius 1 is 0.893 bits per heavy atom. The van der Waals surface area contributed by atoms with E-state index in [1.54, 1.807) is 24.3 Å². The molecule has 0 unspecified atom stereocenters. The summed E-state index contributed by atoms with van der Waals surface area (Å²) in [7, 11) is 0. The van der Waals surface area contributed by atoms with Gasteiger partial charge in [0.15, 0.2) is 5.11 Å². The van der Waals surface area contributed by atoms with Crippen LogP contribution in [0.5, 0.6) is 0 Å². The highest BCUT2D eigenvalue weighted by atomic mass is 32.1. The molecule has 0 aliphatic rings. The van der Waals surface area contributed by atoms with Crippen LogP contribution in [-0.4, -0.2) is 23.6 Å². The van der Waals surface area contributed by atoms with Crippen LogP contribution in [0.2, 0.25) is 0 Å². The van der Waals surface area contributed by atoms with Crippen LogP contribution in [0.4, 0.5) is 5.69 Å². The maximum absolute atomic E-state index is 11.9. The first kappa shape index (κ1) is 24.1. The second-order valence-electron chi connectivity index (χ2n) is 6.94. The molecule has 0 aliphatic carbocycles. The van der Waals surface area contributed by atoms with Crippen LogP contribution in [0.15, 0.2) is 24.3 Å². The Labute approximate surface area is 174 Å². The van der Waals surface area contributed by atoms with E-state index in [9.17, 15) is 9.59 Å². The third-order valence-electron chi connectivity index (χ3n) is 4.37. The monoisotopic (exact) mass is 406 g/mol. The molecule has 5 nitrogen and oxygen atoms in total. The van der Waals surface area contributed by atoms with Gasteiger partial charge < -0.3 is 15.4 Å². The molecule has 0 saturated carbocycles. The Kier molecular flexibility index (Phi) is 12.9. The molecule has 0 saturated heterocycles. The summed E-state index contributed by atoms with van der Waals surface area (Å²) in [6.07, 6.45) is 10.5. The van der Waals surface area contributed by atoms with Crippen molar-refractivity contribution in [2.45, 2.75) is 78.1 Å². The van der Waals surface area contributed by atoms with E-state index >= 15 is 0 Å². The van der Waals surface area contributed by atoms with Crippen LogP contribution < -0.4 is 10.6 Å². The van der Waals surface area contributed by atoms with E-state index in [0.29, 0.717) is 24.3 Å². The highest BCUT2D eigenvalue weighted by Gasteiger charge is 2.08. The second-order valence-corrected chi connectivity index (χ2v) is 7.35. The van der Waals surface area contributed by atoms with Gasteiger partial charge in [0, 0.05) is 12.1 Å². The van der Waals surface area contributed by atoms with Crippen molar-refractivity contribution in [3.8, 4) is 0 Å². The Bertz CT molecular complexity index is 602. The molecule has 0 bridgehead atoms. The Morgan fingerprint density at radius 2 is 1.50 bits per heavy atom. The molecule has 0 aromatic heterocycles. The van der Waals surface area contributed by atoms with Gasteiger partial charge in [0.25, 0.3) is 0 Å². The van der Waals surface area contributed by atoms with E-state index in [4.69, 9.17) is 17.0 Å². The summed E-state index contributed by atoms with van der Waals surface area (Å²) >= 11 is 5.18. The standard InChI is InChI=1S/C22H34N2O3S/c1-3-5-7-8-9-10-11-12-20(25)24-22(28)23-19-15-13-18(14-16-19)21(26)27-17-6-4-2/h13-16H,3-12,17H2,1-2H3,(H2,23,24,25,28). The van der Waals surface area contributed by atoms with Crippen LogP contribution in [0.3, 0.4) is 0 Å². The number of esters is 1. The normalized spacial score (nSPS) is 10.4. The largest absolute Gasteiger partial charge is 0.462 e. The van der Waals surface area contributed by atoms with E-state index in [1.807, 2.05) is 6.92 Å². The van der Waals surface area contributed by atoms with Crippen LogP contribution in [0.1, 0.15) is 88.4 Å². The number of carbonyl (C=O) groups excluding carboxylic acids is 2. The van der Waals surface area contributed by atoms with Crippen molar-refractivity contribution < 1.29 is 14.3 Å². The number of thiocarbonyl (C=S) groups is 1.